The predicted octanol–water partition coefficient (Wildman–Crippen LogP) is 4.14. The molecule has 0 saturated carbocycles. The van der Waals surface area contributed by atoms with Crippen molar-refractivity contribution in [3.63, 3.8) is 0 Å². The minimum Gasteiger partial charge on any atom is -0.348 e. The van der Waals surface area contributed by atoms with Gasteiger partial charge in [-0.15, -0.1) is 0 Å². The van der Waals surface area contributed by atoms with E-state index in [2.05, 4.69) is 60.2 Å². The van der Waals surface area contributed by atoms with Crippen molar-refractivity contribution in [2.75, 3.05) is 0 Å². The highest BCUT2D eigenvalue weighted by molar-refractivity contribution is 5.98. The number of carbonyl (C=O) groups is 1. The quantitative estimate of drug-likeness (QED) is 0.739. The van der Waals surface area contributed by atoms with Crippen LogP contribution in [0.1, 0.15) is 41.2 Å². The minimum absolute atomic E-state index is 0.0765. The van der Waals surface area contributed by atoms with E-state index in [1.807, 2.05) is 6.07 Å². The van der Waals surface area contributed by atoms with Crippen LogP contribution in [-0.2, 0) is 11.8 Å². The second-order valence-electron chi connectivity index (χ2n) is 6.57. The number of nitrogens with one attached hydrogen (secondary N) is 1. The summed E-state index contributed by atoms with van der Waals surface area (Å²) in [6, 6.07) is 14.6. The number of fused-ring (bicyclic) bond motifs is 3. The van der Waals surface area contributed by atoms with Gasteiger partial charge >= 0.3 is 0 Å². The van der Waals surface area contributed by atoms with Crippen LogP contribution in [0.2, 0.25) is 0 Å². The Labute approximate surface area is 135 Å². The van der Waals surface area contributed by atoms with E-state index in [4.69, 9.17) is 0 Å². The first-order valence-corrected chi connectivity index (χ1v) is 7.83. The molecule has 0 amide bonds. The average Bonchev–Trinajstić information content (AvgIpc) is 3.14. The molecule has 1 aliphatic rings. The van der Waals surface area contributed by atoms with Crippen LogP contribution in [0.4, 0.5) is 0 Å². The molecule has 0 bridgehead atoms. The van der Waals surface area contributed by atoms with Gasteiger partial charge in [-0.05, 0) is 28.3 Å². The lowest BCUT2D eigenvalue weighted by atomic mass is 9.82. The molecular weight excluding hydrogens is 284 g/mol. The average molecular weight is 302 g/mol. The van der Waals surface area contributed by atoms with Crippen LogP contribution in [-0.4, -0.2) is 15.8 Å². The Morgan fingerprint density at radius 3 is 2.65 bits per heavy atom. The Morgan fingerprint density at radius 2 is 1.87 bits per heavy atom. The topological polar surface area (TPSA) is 45.8 Å². The molecule has 3 heteroatoms. The minimum atomic E-state index is -0.0765. The molecule has 4 rings (SSSR count). The van der Waals surface area contributed by atoms with Gasteiger partial charge in [-0.1, -0.05) is 50.2 Å². The lowest BCUT2D eigenvalue weighted by molar-refractivity contribution is 0.0991. The van der Waals surface area contributed by atoms with Crippen LogP contribution >= 0.6 is 0 Å². The zero-order valence-corrected chi connectivity index (χ0v) is 13.3. The van der Waals surface area contributed by atoms with Crippen molar-refractivity contribution in [3.8, 4) is 11.1 Å². The summed E-state index contributed by atoms with van der Waals surface area (Å²) in [5, 5.41) is 0. The van der Waals surface area contributed by atoms with E-state index < -0.39 is 0 Å². The van der Waals surface area contributed by atoms with E-state index in [9.17, 15) is 4.79 Å². The lowest BCUT2D eigenvalue weighted by Gasteiger charge is -2.21. The SMILES string of the molecule is CC1(C)c2ccccc2-c2ccc(C(=O)Cc3ncc[nH]3)cc21. The standard InChI is InChI=1S/C20H18N2O/c1-20(2)16-6-4-3-5-14(16)15-8-7-13(11-17(15)20)18(23)12-19-21-9-10-22-19/h3-11H,12H2,1-2H3,(H,21,22). The van der Waals surface area contributed by atoms with Gasteiger partial charge in [0.15, 0.2) is 5.78 Å². The first kappa shape index (κ1) is 13.9. The monoisotopic (exact) mass is 302 g/mol. The fraction of sp³-hybridized carbons (Fsp3) is 0.200. The summed E-state index contributed by atoms with van der Waals surface area (Å²) >= 11 is 0. The molecule has 0 atom stereocenters. The Hall–Kier alpha value is -2.68. The maximum absolute atomic E-state index is 12.5. The Morgan fingerprint density at radius 1 is 1.09 bits per heavy atom. The molecule has 2 aromatic carbocycles. The van der Waals surface area contributed by atoms with Crippen LogP contribution in [0.15, 0.2) is 54.9 Å². The van der Waals surface area contributed by atoms with Crippen molar-refractivity contribution in [1.29, 1.82) is 0 Å². The highest BCUT2D eigenvalue weighted by Gasteiger charge is 2.35. The van der Waals surface area contributed by atoms with E-state index in [0.717, 1.165) is 5.56 Å². The molecule has 0 saturated heterocycles. The first-order valence-electron chi connectivity index (χ1n) is 7.83. The third kappa shape index (κ3) is 2.12. The number of rotatable bonds is 3. The highest BCUT2D eigenvalue weighted by atomic mass is 16.1. The lowest BCUT2D eigenvalue weighted by Crippen LogP contribution is -2.16. The van der Waals surface area contributed by atoms with Gasteiger partial charge in [-0.25, -0.2) is 4.98 Å². The van der Waals surface area contributed by atoms with E-state index in [1.54, 1.807) is 12.4 Å². The Balaban J connectivity index is 1.75. The molecule has 23 heavy (non-hydrogen) atoms. The second-order valence-corrected chi connectivity index (χ2v) is 6.57. The number of nitrogens with zero attached hydrogens (tertiary/aromatic N) is 1. The molecule has 3 nitrogen and oxygen atoms in total. The molecule has 114 valence electrons. The number of ketones is 1. The number of carbonyl (C=O) groups excluding carboxylic acids is 1. The van der Waals surface area contributed by atoms with Gasteiger partial charge in [-0.3, -0.25) is 4.79 Å². The Kier molecular flexibility index (Phi) is 2.98. The maximum atomic E-state index is 12.5. The second kappa shape index (κ2) is 4.92. The third-order valence-corrected chi connectivity index (χ3v) is 4.79. The van der Waals surface area contributed by atoms with Gasteiger partial charge in [0.1, 0.15) is 5.82 Å². The smallest absolute Gasteiger partial charge is 0.170 e. The van der Waals surface area contributed by atoms with Crippen LogP contribution in [0.3, 0.4) is 0 Å². The number of Topliss-reactive ketones (excluding diaryl/α,β-unsaturated/α-hetero) is 1. The summed E-state index contributed by atoms with van der Waals surface area (Å²) in [6.45, 7) is 4.44. The van der Waals surface area contributed by atoms with Crippen molar-refractivity contribution < 1.29 is 4.79 Å². The van der Waals surface area contributed by atoms with Crippen LogP contribution in [0.5, 0.6) is 0 Å². The fourth-order valence-corrected chi connectivity index (χ4v) is 3.53. The number of H-pyrrole nitrogens is 1. The largest absolute Gasteiger partial charge is 0.348 e. The maximum Gasteiger partial charge on any atom is 0.170 e. The van der Waals surface area contributed by atoms with Crippen molar-refractivity contribution in [2.24, 2.45) is 0 Å². The summed E-state index contributed by atoms with van der Waals surface area (Å²) in [6.07, 6.45) is 3.72. The van der Waals surface area contributed by atoms with Crippen molar-refractivity contribution >= 4 is 5.78 Å². The molecule has 1 heterocycles. The molecular formula is C20H18N2O. The summed E-state index contributed by atoms with van der Waals surface area (Å²) in [5.74, 6) is 0.799. The number of aromatic amines is 1. The summed E-state index contributed by atoms with van der Waals surface area (Å²) in [5.41, 5.74) is 5.74. The van der Waals surface area contributed by atoms with Crippen molar-refractivity contribution in [1.82, 2.24) is 9.97 Å². The van der Waals surface area contributed by atoms with Gasteiger partial charge in [0.2, 0.25) is 0 Å². The molecule has 1 aromatic heterocycles. The van der Waals surface area contributed by atoms with E-state index in [0.29, 0.717) is 12.2 Å². The fourth-order valence-electron chi connectivity index (χ4n) is 3.53. The molecule has 0 radical (unpaired) electrons. The molecule has 0 spiro atoms. The first-order chi connectivity index (χ1) is 11.1. The number of hydrogen-bond acceptors (Lipinski definition) is 2. The number of aromatic nitrogens is 2. The van der Waals surface area contributed by atoms with Crippen LogP contribution < -0.4 is 0 Å². The molecule has 0 fully saturated rings. The molecule has 3 aromatic rings. The van der Waals surface area contributed by atoms with E-state index >= 15 is 0 Å². The molecule has 1 N–H and O–H groups in total. The van der Waals surface area contributed by atoms with Gasteiger partial charge in [0.05, 0.1) is 6.42 Å². The number of benzene rings is 2. The van der Waals surface area contributed by atoms with Crippen molar-refractivity contribution in [3.05, 3.63) is 77.4 Å². The van der Waals surface area contributed by atoms with E-state index in [1.165, 1.54) is 22.3 Å². The zero-order chi connectivity index (χ0) is 16.0. The number of hydrogen-bond donors (Lipinski definition) is 1. The third-order valence-electron chi connectivity index (χ3n) is 4.79. The predicted molar refractivity (Wildman–Crippen MR) is 90.6 cm³/mol. The summed E-state index contributed by atoms with van der Waals surface area (Å²) < 4.78 is 0. The highest BCUT2D eigenvalue weighted by Crippen LogP contribution is 2.48. The van der Waals surface area contributed by atoms with Crippen molar-refractivity contribution in [2.45, 2.75) is 25.7 Å². The normalized spacial score (nSPS) is 14.3. The van der Waals surface area contributed by atoms with Gasteiger partial charge in [0, 0.05) is 23.4 Å². The van der Waals surface area contributed by atoms with Gasteiger partial charge < -0.3 is 4.98 Å². The number of imidazole rings is 1. The molecule has 0 aliphatic heterocycles. The summed E-state index contributed by atoms with van der Waals surface area (Å²) in [7, 11) is 0. The molecule has 0 unspecified atom stereocenters. The van der Waals surface area contributed by atoms with Gasteiger partial charge in [-0.2, -0.15) is 0 Å². The zero-order valence-electron chi connectivity index (χ0n) is 13.3. The van der Waals surface area contributed by atoms with Gasteiger partial charge in [0.25, 0.3) is 0 Å². The van der Waals surface area contributed by atoms with Crippen LogP contribution in [0, 0.1) is 0 Å². The van der Waals surface area contributed by atoms with E-state index in [-0.39, 0.29) is 11.2 Å². The van der Waals surface area contributed by atoms with Crippen LogP contribution in [0.25, 0.3) is 11.1 Å². The summed E-state index contributed by atoms with van der Waals surface area (Å²) in [4.78, 5) is 19.7. The molecule has 1 aliphatic carbocycles. The Bertz CT molecular complexity index is 892.